The minimum absolute atomic E-state index is 0.0336. The topological polar surface area (TPSA) is 80.3 Å². The number of anilines is 1. The molecule has 0 aliphatic carbocycles. The van der Waals surface area contributed by atoms with E-state index >= 15 is 0 Å². The van der Waals surface area contributed by atoms with E-state index < -0.39 is 24.1 Å². The number of nitrogens with one attached hydrogen (secondary N) is 2. The molecule has 0 saturated heterocycles. The molecule has 0 fully saturated rings. The fourth-order valence-corrected chi connectivity index (χ4v) is 2.76. The zero-order chi connectivity index (χ0) is 22.6. The third kappa shape index (κ3) is 6.91. The molecule has 2 rings (SSSR count). The lowest BCUT2D eigenvalue weighted by Gasteiger charge is -2.17. The lowest BCUT2D eigenvalue weighted by atomic mass is 10.1. The molecule has 2 N–H and O–H groups in total. The molecule has 30 heavy (non-hydrogen) atoms. The smallest absolute Gasteiger partial charge is 0.406 e. The van der Waals surface area contributed by atoms with Gasteiger partial charge in [0, 0.05) is 22.2 Å². The molecule has 1 unspecified atom stereocenters. The van der Waals surface area contributed by atoms with Crippen LogP contribution in [0.3, 0.4) is 0 Å². The summed E-state index contributed by atoms with van der Waals surface area (Å²) in [4.78, 5) is 28.7. The van der Waals surface area contributed by atoms with E-state index in [0.29, 0.717) is 11.3 Å². The first-order valence-electron chi connectivity index (χ1n) is 9.00. The molecule has 10 heteroatoms. The number of halogens is 4. The van der Waals surface area contributed by atoms with E-state index in [9.17, 15) is 22.8 Å². The number of hydrogen-bond acceptors (Lipinski definition) is 4. The molecule has 6 nitrogen and oxygen atoms in total. The number of pyridine rings is 1. The quantitative estimate of drug-likeness (QED) is 0.656. The van der Waals surface area contributed by atoms with Gasteiger partial charge in [-0.15, -0.1) is 13.2 Å². The van der Waals surface area contributed by atoms with Crippen molar-refractivity contribution in [1.29, 1.82) is 0 Å². The third-order valence-corrected chi connectivity index (χ3v) is 4.18. The van der Waals surface area contributed by atoms with Crippen molar-refractivity contribution in [2.45, 2.75) is 40.1 Å². The van der Waals surface area contributed by atoms with Gasteiger partial charge in [0.1, 0.15) is 11.6 Å². The van der Waals surface area contributed by atoms with Crippen LogP contribution in [0.15, 0.2) is 30.3 Å². The highest BCUT2D eigenvalue weighted by molar-refractivity contribution is 6.30. The van der Waals surface area contributed by atoms with Gasteiger partial charge >= 0.3 is 6.36 Å². The molecule has 0 radical (unpaired) electrons. The predicted molar refractivity (Wildman–Crippen MR) is 106 cm³/mol. The molecule has 1 aromatic carbocycles. The Kier molecular flexibility index (Phi) is 7.30. The summed E-state index contributed by atoms with van der Waals surface area (Å²) < 4.78 is 41.4. The average molecular weight is 444 g/mol. The van der Waals surface area contributed by atoms with Crippen LogP contribution in [-0.4, -0.2) is 23.2 Å². The maximum absolute atomic E-state index is 12.7. The zero-order valence-corrected chi connectivity index (χ0v) is 17.5. The van der Waals surface area contributed by atoms with Gasteiger partial charge in [-0.2, -0.15) is 0 Å². The van der Waals surface area contributed by atoms with E-state index in [-0.39, 0.29) is 28.2 Å². The monoisotopic (exact) mass is 443 g/mol. The van der Waals surface area contributed by atoms with Crippen LogP contribution in [0.2, 0.25) is 5.02 Å². The second-order valence-electron chi connectivity index (χ2n) is 6.99. The molecule has 0 aliphatic heterocycles. The largest absolute Gasteiger partial charge is 0.573 e. The van der Waals surface area contributed by atoms with Crippen molar-refractivity contribution >= 4 is 29.2 Å². The Hall–Kier alpha value is -2.81. The molecule has 162 valence electrons. The number of carbonyl (C=O) groups excluding carboxylic acids is 2. The third-order valence-electron chi connectivity index (χ3n) is 3.97. The van der Waals surface area contributed by atoms with E-state index in [1.165, 1.54) is 18.2 Å². The summed E-state index contributed by atoms with van der Waals surface area (Å²) in [7, 11) is 0. The van der Waals surface area contributed by atoms with Crippen LogP contribution in [0.25, 0.3) is 0 Å². The summed E-state index contributed by atoms with van der Waals surface area (Å²) in [5.41, 5.74) is 1.08. The van der Waals surface area contributed by atoms with E-state index in [1.807, 2.05) is 0 Å². The molecule has 1 atom stereocenters. The molecular formula is C20H21ClF3N3O3. The normalized spacial score (nSPS) is 12.4. The first-order valence-corrected chi connectivity index (χ1v) is 9.38. The van der Waals surface area contributed by atoms with E-state index in [1.54, 1.807) is 27.7 Å². The second kappa shape index (κ2) is 9.34. The summed E-state index contributed by atoms with van der Waals surface area (Å²) >= 11 is 5.88. The average Bonchev–Trinajstić information content (AvgIpc) is 2.58. The lowest BCUT2D eigenvalue weighted by molar-refractivity contribution is -0.274. The van der Waals surface area contributed by atoms with Gasteiger partial charge in [0.15, 0.2) is 0 Å². The number of alkyl halides is 3. The number of carbonyl (C=O) groups is 2. The number of rotatable bonds is 6. The summed E-state index contributed by atoms with van der Waals surface area (Å²) in [5, 5.41) is 5.35. The van der Waals surface area contributed by atoms with Crippen LogP contribution in [0, 0.1) is 12.8 Å². The Morgan fingerprint density at radius 3 is 2.37 bits per heavy atom. The second-order valence-corrected chi connectivity index (χ2v) is 7.43. The van der Waals surface area contributed by atoms with Crippen molar-refractivity contribution in [3.8, 4) is 5.75 Å². The Labute approximate surface area is 176 Å². The van der Waals surface area contributed by atoms with Gasteiger partial charge in [0.05, 0.1) is 6.04 Å². The molecule has 0 aliphatic rings. The molecule has 0 bridgehead atoms. The van der Waals surface area contributed by atoms with Crippen molar-refractivity contribution in [2.24, 2.45) is 5.92 Å². The van der Waals surface area contributed by atoms with Gasteiger partial charge in [-0.05, 0) is 49.7 Å². The summed E-state index contributed by atoms with van der Waals surface area (Å²) in [6, 6.07) is 5.89. The van der Waals surface area contributed by atoms with Crippen molar-refractivity contribution in [3.05, 3.63) is 52.2 Å². The van der Waals surface area contributed by atoms with Crippen LogP contribution in [0.1, 0.15) is 48.4 Å². The number of benzene rings is 1. The zero-order valence-electron chi connectivity index (χ0n) is 16.7. The van der Waals surface area contributed by atoms with Crippen LogP contribution in [0.4, 0.5) is 19.0 Å². The molecule has 0 saturated carbocycles. The molecular weight excluding hydrogens is 423 g/mol. The standard InChI is InChI=1S/C20H21ClF3N3O3/c1-10(2)18(28)27-17-8-14(5-11(3)25-17)19(29)26-12(4)13-6-15(21)9-16(7-13)30-20(22,23)24/h5-10,12H,1-4H3,(H,26,29)(H,25,27,28). The highest BCUT2D eigenvalue weighted by Crippen LogP contribution is 2.29. The van der Waals surface area contributed by atoms with Crippen molar-refractivity contribution in [3.63, 3.8) is 0 Å². The van der Waals surface area contributed by atoms with Crippen LogP contribution >= 0.6 is 11.6 Å². The maximum Gasteiger partial charge on any atom is 0.573 e. The number of ether oxygens (including phenoxy) is 1. The van der Waals surface area contributed by atoms with Gasteiger partial charge in [-0.3, -0.25) is 9.59 Å². The Bertz CT molecular complexity index is 949. The highest BCUT2D eigenvalue weighted by atomic mass is 35.5. The number of nitrogens with zero attached hydrogens (tertiary/aromatic N) is 1. The SMILES string of the molecule is Cc1cc(C(=O)NC(C)c2cc(Cl)cc(OC(F)(F)F)c2)cc(NC(=O)C(C)C)n1. The van der Waals surface area contributed by atoms with Gasteiger partial charge in [-0.25, -0.2) is 4.98 Å². The van der Waals surface area contributed by atoms with Crippen LogP contribution < -0.4 is 15.4 Å². The number of amides is 2. The summed E-state index contributed by atoms with van der Waals surface area (Å²) in [5.74, 6) is -1.25. The van der Waals surface area contributed by atoms with E-state index in [4.69, 9.17) is 11.6 Å². The van der Waals surface area contributed by atoms with Crippen LogP contribution in [-0.2, 0) is 4.79 Å². The van der Waals surface area contributed by atoms with Crippen molar-refractivity contribution in [2.75, 3.05) is 5.32 Å². The number of hydrogen-bond donors (Lipinski definition) is 2. The fourth-order valence-electron chi connectivity index (χ4n) is 2.52. The van der Waals surface area contributed by atoms with Gasteiger partial charge in [0.25, 0.3) is 5.91 Å². The van der Waals surface area contributed by atoms with Gasteiger partial charge < -0.3 is 15.4 Å². The number of aryl methyl sites for hydroxylation is 1. The Morgan fingerprint density at radius 2 is 1.77 bits per heavy atom. The van der Waals surface area contributed by atoms with Crippen molar-refractivity contribution in [1.82, 2.24) is 10.3 Å². The van der Waals surface area contributed by atoms with E-state index in [0.717, 1.165) is 12.1 Å². The van der Waals surface area contributed by atoms with Crippen LogP contribution in [0.5, 0.6) is 5.75 Å². The summed E-state index contributed by atoms with van der Waals surface area (Å²) in [6.07, 6.45) is -4.86. The molecule has 1 aromatic heterocycles. The molecule has 2 aromatic rings. The lowest BCUT2D eigenvalue weighted by Crippen LogP contribution is -2.27. The molecule has 1 heterocycles. The van der Waals surface area contributed by atoms with E-state index in [2.05, 4.69) is 20.4 Å². The maximum atomic E-state index is 12.7. The van der Waals surface area contributed by atoms with Gasteiger partial charge in [0.2, 0.25) is 5.91 Å². The molecule has 0 spiro atoms. The fraction of sp³-hybridized carbons (Fsp3) is 0.350. The highest BCUT2D eigenvalue weighted by Gasteiger charge is 2.31. The Balaban J connectivity index is 2.20. The predicted octanol–water partition coefficient (Wildman–Crippen LogP) is 5.03. The van der Waals surface area contributed by atoms with Crippen molar-refractivity contribution < 1.29 is 27.5 Å². The Morgan fingerprint density at radius 1 is 1.10 bits per heavy atom. The summed E-state index contributed by atoms with van der Waals surface area (Å²) in [6.45, 7) is 6.71. The van der Waals surface area contributed by atoms with Gasteiger partial charge in [-0.1, -0.05) is 25.4 Å². The minimum atomic E-state index is -4.86. The first kappa shape index (κ1) is 23.5. The minimum Gasteiger partial charge on any atom is -0.406 e. The molecule has 2 amide bonds. The number of aromatic nitrogens is 1. The first-order chi connectivity index (χ1) is 13.8.